The number of aliphatic hydroxyl groups is 1. The molecule has 2 rings (SSSR count). The quantitative estimate of drug-likeness (QED) is 0.864. The van der Waals surface area contributed by atoms with Crippen LogP contribution in [0.2, 0.25) is 0 Å². The summed E-state index contributed by atoms with van der Waals surface area (Å²) in [6, 6.07) is 10.8. The third-order valence-electron chi connectivity index (χ3n) is 3.70. The van der Waals surface area contributed by atoms with Crippen molar-refractivity contribution in [2.75, 3.05) is 0 Å². The van der Waals surface area contributed by atoms with Gasteiger partial charge in [0, 0.05) is 6.42 Å². The molecular weight excluding hydrogens is 319 g/mol. The van der Waals surface area contributed by atoms with Crippen LogP contribution < -0.4 is 0 Å². The third kappa shape index (κ3) is 3.10. The zero-order chi connectivity index (χ0) is 14.9. The molecule has 0 radical (unpaired) electrons. The van der Waals surface area contributed by atoms with Crippen LogP contribution in [0.1, 0.15) is 29.2 Å². The lowest BCUT2D eigenvalue weighted by Gasteiger charge is -2.25. The molecule has 0 amide bonds. The average molecular weight is 337 g/mol. The molecule has 106 valence electrons. The van der Waals surface area contributed by atoms with Crippen LogP contribution in [0.15, 0.2) is 40.9 Å². The lowest BCUT2D eigenvalue weighted by atomic mass is 9.87. The Balaban J connectivity index is 2.35. The Hall–Kier alpha value is -1.19. The van der Waals surface area contributed by atoms with Gasteiger partial charge >= 0.3 is 0 Å². The zero-order valence-corrected chi connectivity index (χ0v) is 13.5. The monoisotopic (exact) mass is 336 g/mol. The van der Waals surface area contributed by atoms with Crippen molar-refractivity contribution in [2.24, 2.45) is 0 Å². The van der Waals surface area contributed by atoms with Crippen molar-refractivity contribution in [1.29, 1.82) is 0 Å². The zero-order valence-electron chi connectivity index (χ0n) is 11.9. The third-order valence-corrected chi connectivity index (χ3v) is 4.58. The number of benzene rings is 2. The highest BCUT2D eigenvalue weighted by Crippen LogP contribution is 2.30. The van der Waals surface area contributed by atoms with Crippen LogP contribution in [0, 0.1) is 19.7 Å². The van der Waals surface area contributed by atoms with Crippen LogP contribution in [0.5, 0.6) is 0 Å². The van der Waals surface area contributed by atoms with Gasteiger partial charge in [0.05, 0.1) is 10.1 Å². The molecule has 0 aliphatic rings. The van der Waals surface area contributed by atoms with Crippen molar-refractivity contribution < 1.29 is 9.50 Å². The van der Waals surface area contributed by atoms with Gasteiger partial charge in [-0.15, -0.1) is 0 Å². The van der Waals surface area contributed by atoms with Crippen LogP contribution in [0.3, 0.4) is 0 Å². The molecule has 1 nitrogen and oxygen atoms in total. The first-order valence-corrected chi connectivity index (χ1v) is 7.33. The lowest BCUT2D eigenvalue weighted by Crippen LogP contribution is -2.24. The van der Waals surface area contributed by atoms with Crippen LogP contribution in [0.25, 0.3) is 0 Å². The number of halogens is 2. The van der Waals surface area contributed by atoms with Crippen LogP contribution in [-0.4, -0.2) is 5.11 Å². The Morgan fingerprint density at radius 3 is 2.50 bits per heavy atom. The Morgan fingerprint density at radius 2 is 1.85 bits per heavy atom. The lowest BCUT2D eigenvalue weighted by molar-refractivity contribution is 0.0573. The normalized spacial score (nSPS) is 14.1. The topological polar surface area (TPSA) is 20.2 Å². The van der Waals surface area contributed by atoms with Crippen molar-refractivity contribution in [3.05, 3.63) is 68.9 Å². The summed E-state index contributed by atoms with van der Waals surface area (Å²) < 4.78 is 14.0. The highest BCUT2D eigenvalue weighted by molar-refractivity contribution is 9.10. The van der Waals surface area contributed by atoms with E-state index in [1.807, 2.05) is 38.1 Å². The molecule has 1 N–H and O–H groups in total. The van der Waals surface area contributed by atoms with E-state index < -0.39 is 5.60 Å². The van der Waals surface area contributed by atoms with Gasteiger partial charge in [-0.3, -0.25) is 0 Å². The van der Waals surface area contributed by atoms with Gasteiger partial charge < -0.3 is 5.11 Å². The summed E-state index contributed by atoms with van der Waals surface area (Å²) in [5.74, 6) is -0.307. The highest BCUT2D eigenvalue weighted by atomic mass is 79.9. The summed E-state index contributed by atoms with van der Waals surface area (Å²) in [5, 5.41) is 10.7. The highest BCUT2D eigenvalue weighted by Gasteiger charge is 2.25. The maximum absolute atomic E-state index is 13.5. The van der Waals surface area contributed by atoms with Gasteiger partial charge in [0.2, 0.25) is 0 Å². The molecule has 0 aliphatic heterocycles. The Kier molecular flexibility index (Phi) is 4.31. The van der Waals surface area contributed by atoms with E-state index in [9.17, 15) is 9.50 Å². The molecule has 0 saturated carbocycles. The van der Waals surface area contributed by atoms with E-state index in [1.54, 1.807) is 13.0 Å². The molecule has 20 heavy (non-hydrogen) atoms. The first kappa shape index (κ1) is 15.2. The van der Waals surface area contributed by atoms with Crippen LogP contribution in [-0.2, 0) is 12.0 Å². The fourth-order valence-corrected chi connectivity index (χ4v) is 2.64. The fraction of sp³-hybridized carbons (Fsp3) is 0.294. The second-order valence-electron chi connectivity index (χ2n) is 5.46. The molecule has 0 aliphatic carbocycles. The first-order valence-electron chi connectivity index (χ1n) is 6.54. The molecule has 1 unspecified atom stereocenters. The van der Waals surface area contributed by atoms with E-state index in [4.69, 9.17) is 0 Å². The van der Waals surface area contributed by atoms with Gasteiger partial charge in [0.1, 0.15) is 5.82 Å². The smallest absolute Gasteiger partial charge is 0.137 e. The number of hydrogen-bond acceptors (Lipinski definition) is 1. The summed E-state index contributed by atoms with van der Waals surface area (Å²) >= 11 is 3.25. The van der Waals surface area contributed by atoms with Crippen LogP contribution in [0.4, 0.5) is 4.39 Å². The van der Waals surface area contributed by atoms with E-state index in [2.05, 4.69) is 15.9 Å². The molecule has 0 fully saturated rings. The van der Waals surface area contributed by atoms with Crippen molar-refractivity contribution in [3.8, 4) is 0 Å². The molecule has 0 spiro atoms. The molecule has 0 saturated heterocycles. The minimum atomic E-state index is -1.03. The molecule has 0 heterocycles. The Labute approximate surface area is 127 Å². The molecule has 1 atom stereocenters. The minimum absolute atomic E-state index is 0.307. The van der Waals surface area contributed by atoms with E-state index in [0.717, 1.165) is 16.7 Å². The summed E-state index contributed by atoms with van der Waals surface area (Å²) in [7, 11) is 0. The van der Waals surface area contributed by atoms with Gasteiger partial charge in [0.15, 0.2) is 0 Å². The average Bonchev–Trinajstić information content (AvgIpc) is 2.38. The largest absolute Gasteiger partial charge is 0.385 e. The van der Waals surface area contributed by atoms with Crippen molar-refractivity contribution in [3.63, 3.8) is 0 Å². The van der Waals surface area contributed by atoms with Gasteiger partial charge in [-0.1, -0.05) is 30.3 Å². The molecule has 0 bridgehead atoms. The minimum Gasteiger partial charge on any atom is -0.385 e. The Bertz CT molecular complexity index is 635. The predicted molar refractivity (Wildman–Crippen MR) is 83.3 cm³/mol. The van der Waals surface area contributed by atoms with E-state index in [-0.39, 0.29) is 5.82 Å². The Morgan fingerprint density at radius 1 is 1.15 bits per heavy atom. The van der Waals surface area contributed by atoms with Crippen molar-refractivity contribution >= 4 is 15.9 Å². The van der Waals surface area contributed by atoms with E-state index >= 15 is 0 Å². The van der Waals surface area contributed by atoms with Crippen molar-refractivity contribution in [1.82, 2.24) is 0 Å². The standard InChI is InChI=1S/C17H18BrFO/c1-11-7-8-14(9-12(11)2)17(3,20)10-13-5-4-6-15(19)16(13)18/h4-9,20H,10H2,1-3H3. The molecule has 0 aromatic heterocycles. The van der Waals surface area contributed by atoms with Gasteiger partial charge in [-0.25, -0.2) is 4.39 Å². The van der Waals surface area contributed by atoms with E-state index in [0.29, 0.717) is 10.9 Å². The second-order valence-corrected chi connectivity index (χ2v) is 6.26. The molecule has 2 aromatic rings. The fourth-order valence-electron chi connectivity index (χ4n) is 2.23. The number of hydrogen-bond donors (Lipinski definition) is 1. The second kappa shape index (κ2) is 5.66. The maximum atomic E-state index is 13.5. The molecular formula is C17H18BrFO. The van der Waals surface area contributed by atoms with Crippen LogP contribution >= 0.6 is 15.9 Å². The summed E-state index contributed by atoms with van der Waals surface area (Å²) in [5.41, 5.74) is 2.90. The maximum Gasteiger partial charge on any atom is 0.137 e. The first-order chi connectivity index (χ1) is 9.31. The molecule has 2 aromatic carbocycles. The SMILES string of the molecule is Cc1ccc(C(C)(O)Cc2cccc(F)c2Br)cc1C. The van der Waals surface area contributed by atoms with Gasteiger partial charge in [-0.2, -0.15) is 0 Å². The van der Waals surface area contributed by atoms with Crippen molar-refractivity contribution in [2.45, 2.75) is 32.8 Å². The predicted octanol–water partition coefficient (Wildman–Crippen LogP) is 4.66. The van der Waals surface area contributed by atoms with Gasteiger partial charge in [0.25, 0.3) is 0 Å². The summed E-state index contributed by atoms with van der Waals surface area (Å²) in [4.78, 5) is 0. The summed E-state index contributed by atoms with van der Waals surface area (Å²) in [6.45, 7) is 5.82. The van der Waals surface area contributed by atoms with Gasteiger partial charge in [-0.05, 0) is 65.0 Å². The molecule has 3 heteroatoms. The number of aryl methyl sites for hydroxylation is 2. The number of rotatable bonds is 3. The van der Waals surface area contributed by atoms with E-state index in [1.165, 1.54) is 11.6 Å². The summed E-state index contributed by atoms with van der Waals surface area (Å²) in [6.07, 6.45) is 0.355.